The van der Waals surface area contributed by atoms with Crippen LogP contribution in [0.5, 0.6) is 0 Å². The minimum absolute atomic E-state index is 0.0484. The fraction of sp³-hybridized carbons (Fsp3) is 0.386. The van der Waals surface area contributed by atoms with Crippen molar-refractivity contribution in [1.29, 1.82) is 0 Å². The Morgan fingerprint density at radius 3 is 2.03 bits per heavy atom. The Hall–Kier alpha value is -6.20. The second kappa shape index (κ2) is 19.0. The van der Waals surface area contributed by atoms with Crippen LogP contribution in [0, 0.1) is 0 Å². The van der Waals surface area contributed by atoms with Gasteiger partial charge in [0.1, 0.15) is 17.6 Å². The first-order valence-corrected chi connectivity index (χ1v) is 22.5. The lowest BCUT2D eigenvalue weighted by Gasteiger charge is -2.36. The van der Waals surface area contributed by atoms with Gasteiger partial charge in [-0.1, -0.05) is 80.1 Å². The van der Waals surface area contributed by atoms with Gasteiger partial charge in [0.15, 0.2) is 5.82 Å². The van der Waals surface area contributed by atoms with Gasteiger partial charge >= 0.3 is 25.6 Å². The van der Waals surface area contributed by atoms with Gasteiger partial charge in [0, 0.05) is 69.1 Å². The summed E-state index contributed by atoms with van der Waals surface area (Å²) in [5.41, 5.74) is 1.39. The molecule has 5 heterocycles. The van der Waals surface area contributed by atoms with Crippen molar-refractivity contribution >= 4 is 43.3 Å². The number of aromatic nitrogens is 2. The maximum atomic E-state index is 15.4. The standard InChI is InChI=1S/C44H47N6O12P/c1-3-4-24-58-44(55)49-22-20-48(21-23-49)39(52)35(46-38(51)34-25-36(50-19-18-29(26-50)57-2)47-37(45-34)28-12-6-5-7-13-28)27-63(56,61-42-32-16-10-8-14-30(32)40(53)59-42)62-43-33-17-11-9-15-31(33)41(54)60-43/h5-17,25,29,35,42-43H,3-4,18-24,26-27H2,1-2H3,(H,46,51)/t29-,35?,42?,43?,63?/m0/s1. The molecule has 330 valence electrons. The number of fused-ring (bicyclic) bond motifs is 2. The molecule has 63 heavy (non-hydrogen) atoms. The second-order valence-corrected chi connectivity index (χ2v) is 17.4. The summed E-state index contributed by atoms with van der Waals surface area (Å²) in [6, 6.07) is 21.7. The normalized spacial score (nSPS) is 20.6. The number of amides is 3. The van der Waals surface area contributed by atoms with Gasteiger partial charge < -0.3 is 39.0 Å². The van der Waals surface area contributed by atoms with Crippen LogP contribution in [-0.2, 0) is 37.4 Å². The second-order valence-electron chi connectivity index (χ2n) is 15.4. The van der Waals surface area contributed by atoms with Crippen LogP contribution in [0.4, 0.5) is 10.6 Å². The van der Waals surface area contributed by atoms with Crippen LogP contribution in [-0.4, -0.2) is 121 Å². The highest BCUT2D eigenvalue weighted by molar-refractivity contribution is 7.54. The molecule has 4 atom stereocenters. The Morgan fingerprint density at radius 1 is 0.825 bits per heavy atom. The average Bonchev–Trinajstić information content (AvgIpc) is 4.01. The highest BCUT2D eigenvalue weighted by Crippen LogP contribution is 2.58. The molecule has 2 saturated heterocycles. The summed E-state index contributed by atoms with van der Waals surface area (Å²) in [5.74, 6) is -2.26. The molecule has 0 radical (unpaired) electrons. The van der Waals surface area contributed by atoms with Gasteiger partial charge in [0.2, 0.25) is 18.5 Å². The number of esters is 2. The first-order chi connectivity index (χ1) is 30.5. The summed E-state index contributed by atoms with van der Waals surface area (Å²) in [6.07, 6.45) is -2.17. The van der Waals surface area contributed by atoms with Gasteiger partial charge in [-0.25, -0.2) is 24.4 Å². The summed E-state index contributed by atoms with van der Waals surface area (Å²) in [6.45, 7) is 3.71. The van der Waals surface area contributed by atoms with E-state index in [4.69, 9.17) is 33.0 Å². The molecule has 0 aliphatic carbocycles. The largest absolute Gasteiger partial charge is 0.449 e. The molecule has 8 rings (SSSR count). The number of carbonyl (C=O) groups is 5. The molecule has 3 aromatic carbocycles. The first-order valence-electron chi connectivity index (χ1n) is 20.8. The third kappa shape index (κ3) is 9.74. The zero-order valence-electron chi connectivity index (χ0n) is 34.8. The number of nitrogens with zero attached hydrogens (tertiary/aromatic N) is 5. The highest BCUT2D eigenvalue weighted by Gasteiger charge is 2.46. The van der Waals surface area contributed by atoms with Crippen LogP contribution >= 0.6 is 7.60 Å². The zero-order chi connectivity index (χ0) is 44.1. The molecule has 4 aliphatic heterocycles. The summed E-state index contributed by atoms with van der Waals surface area (Å²) in [5, 5.41) is 2.76. The number of anilines is 1. The average molecular weight is 883 g/mol. The lowest BCUT2D eigenvalue weighted by atomic mass is 10.1. The Balaban J connectivity index is 1.13. The summed E-state index contributed by atoms with van der Waals surface area (Å²) < 4.78 is 49.6. The monoisotopic (exact) mass is 882 g/mol. The molecule has 19 heteroatoms. The summed E-state index contributed by atoms with van der Waals surface area (Å²) >= 11 is 0. The number of carbonyl (C=O) groups excluding carboxylic acids is 5. The van der Waals surface area contributed by atoms with Gasteiger partial charge in [0.05, 0.1) is 30.0 Å². The zero-order valence-corrected chi connectivity index (χ0v) is 35.6. The topological polar surface area (TPSA) is 205 Å². The van der Waals surface area contributed by atoms with E-state index >= 15 is 4.57 Å². The Kier molecular flexibility index (Phi) is 13.1. The number of piperazine rings is 1. The highest BCUT2D eigenvalue weighted by atomic mass is 31.2. The SMILES string of the molecule is CCCCOC(=O)N1CCN(C(=O)C(CP(=O)(OC2OC(=O)c3ccccc32)OC2OC(=O)c3ccccc32)NC(=O)c2cc(N3CC[C@H](OC)C3)nc(-c3ccccc3)n2)CC1. The van der Waals surface area contributed by atoms with Crippen molar-refractivity contribution in [2.75, 3.05) is 64.0 Å². The molecule has 1 N–H and O–H groups in total. The molecule has 2 fully saturated rings. The van der Waals surface area contributed by atoms with Crippen LogP contribution in [0.1, 0.15) is 81.1 Å². The van der Waals surface area contributed by atoms with E-state index in [1.807, 2.05) is 30.0 Å². The third-order valence-corrected chi connectivity index (χ3v) is 13.0. The van der Waals surface area contributed by atoms with Gasteiger partial charge in [-0.2, -0.15) is 0 Å². The van der Waals surface area contributed by atoms with E-state index in [0.717, 1.165) is 12.8 Å². The molecule has 0 saturated carbocycles. The predicted molar refractivity (Wildman–Crippen MR) is 225 cm³/mol. The van der Waals surface area contributed by atoms with Crippen molar-refractivity contribution in [3.63, 3.8) is 0 Å². The molecule has 1 aromatic heterocycles. The molecule has 4 aliphatic rings. The minimum Gasteiger partial charge on any atom is -0.449 e. The van der Waals surface area contributed by atoms with Crippen molar-refractivity contribution < 1.29 is 56.5 Å². The fourth-order valence-electron chi connectivity index (χ4n) is 7.71. The maximum Gasteiger partial charge on any atom is 0.409 e. The van der Waals surface area contributed by atoms with Crippen LogP contribution in [0.15, 0.2) is 84.9 Å². The lowest BCUT2D eigenvalue weighted by molar-refractivity contribution is -0.134. The third-order valence-electron chi connectivity index (χ3n) is 11.2. The van der Waals surface area contributed by atoms with Crippen molar-refractivity contribution in [3.05, 3.63) is 113 Å². The van der Waals surface area contributed by atoms with Gasteiger partial charge in [-0.15, -0.1) is 0 Å². The number of methoxy groups -OCH3 is 1. The van der Waals surface area contributed by atoms with Crippen molar-refractivity contribution in [2.24, 2.45) is 0 Å². The Morgan fingerprint density at radius 2 is 1.43 bits per heavy atom. The van der Waals surface area contributed by atoms with E-state index in [1.54, 1.807) is 55.6 Å². The molecule has 0 bridgehead atoms. The van der Waals surface area contributed by atoms with Crippen LogP contribution in [0.25, 0.3) is 11.4 Å². The van der Waals surface area contributed by atoms with Crippen molar-refractivity contribution in [1.82, 2.24) is 25.1 Å². The van der Waals surface area contributed by atoms with E-state index in [2.05, 4.69) is 10.3 Å². The summed E-state index contributed by atoms with van der Waals surface area (Å²) in [4.78, 5) is 82.2. The van der Waals surface area contributed by atoms with Crippen LogP contribution < -0.4 is 10.2 Å². The molecule has 3 amide bonds. The number of hydrogen-bond donors (Lipinski definition) is 1. The van der Waals surface area contributed by atoms with E-state index in [1.165, 1.54) is 28.0 Å². The number of ether oxygens (including phenoxy) is 4. The Bertz CT molecular complexity index is 2340. The van der Waals surface area contributed by atoms with E-state index < -0.39 is 62.2 Å². The number of benzene rings is 3. The van der Waals surface area contributed by atoms with E-state index in [9.17, 15) is 24.0 Å². The molecule has 0 spiro atoms. The smallest absolute Gasteiger partial charge is 0.409 e. The lowest BCUT2D eigenvalue weighted by Crippen LogP contribution is -2.57. The van der Waals surface area contributed by atoms with E-state index in [-0.39, 0.29) is 72.7 Å². The maximum absolute atomic E-state index is 15.4. The van der Waals surface area contributed by atoms with Crippen LogP contribution in [0.3, 0.4) is 0 Å². The number of rotatable bonds is 15. The molecule has 18 nitrogen and oxygen atoms in total. The molecule has 4 aromatic rings. The van der Waals surface area contributed by atoms with Gasteiger partial charge in [-0.05, 0) is 25.0 Å². The quantitative estimate of drug-likeness (QED) is 0.0676. The van der Waals surface area contributed by atoms with Crippen molar-refractivity contribution in [3.8, 4) is 11.4 Å². The number of nitrogens with one attached hydrogen (secondary N) is 1. The predicted octanol–water partition coefficient (Wildman–Crippen LogP) is 5.51. The first kappa shape index (κ1) is 43.4. The fourth-order valence-corrected chi connectivity index (χ4v) is 9.52. The van der Waals surface area contributed by atoms with Gasteiger partial charge in [0.25, 0.3) is 5.91 Å². The number of hydrogen-bond acceptors (Lipinski definition) is 15. The molecule has 3 unspecified atom stereocenters. The van der Waals surface area contributed by atoms with Crippen LogP contribution in [0.2, 0.25) is 0 Å². The minimum atomic E-state index is -4.79. The molecular formula is C44H47N6O12P. The number of unbranched alkanes of at least 4 members (excludes halogenated alkanes) is 1. The summed E-state index contributed by atoms with van der Waals surface area (Å²) in [7, 11) is -3.15. The Labute approximate surface area is 363 Å². The van der Waals surface area contributed by atoms with Gasteiger partial charge in [-0.3, -0.25) is 23.2 Å². The van der Waals surface area contributed by atoms with Crippen molar-refractivity contribution in [2.45, 2.75) is 50.9 Å². The van der Waals surface area contributed by atoms with E-state index in [0.29, 0.717) is 30.9 Å². The molecular weight excluding hydrogens is 835 g/mol. The number of cyclic esters (lactones) is 2.